The molecule has 0 aliphatic carbocycles. The number of benzene rings is 1. The maximum Gasteiger partial charge on any atom is 0.407 e. The van der Waals surface area contributed by atoms with E-state index in [0.717, 1.165) is 24.1 Å². The van der Waals surface area contributed by atoms with Gasteiger partial charge in [-0.25, -0.2) is 20.2 Å². The number of hydrogen-bond donors (Lipinski definition) is 3. The van der Waals surface area contributed by atoms with E-state index in [1.54, 1.807) is 42.0 Å². The number of anilines is 1. The first-order valence-electron chi connectivity index (χ1n) is 8.68. The van der Waals surface area contributed by atoms with Crippen LogP contribution < -0.4 is 15.7 Å². The molecule has 140 valence electrons. The minimum Gasteiger partial charge on any atom is -0.441 e. The number of piperidine rings is 1. The predicted molar refractivity (Wildman–Crippen MR) is 95.4 cm³/mol. The van der Waals surface area contributed by atoms with Crippen LogP contribution in [0.15, 0.2) is 36.5 Å². The van der Waals surface area contributed by atoms with E-state index < -0.39 is 11.5 Å². The Morgan fingerprint density at radius 2 is 1.96 bits per heavy atom. The lowest BCUT2D eigenvalue weighted by molar-refractivity contribution is 0.0364. The molecule has 1 aromatic heterocycles. The number of carbonyl (C=O) groups is 2. The maximum absolute atomic E-state index is 11.4. The van der Waals surface area contributed by atoms with Crippen molar-refractivity contribution < 1.29 is 19.5 Å². The molecular formula is C18H19N5O4. The van der Waals surface area contributed by atoms with Gasteiger partial charge in [0.15, 0.2) is 0 Å². The summed E-state index contributed by atoms with van der Waals surface area (Å²) in [6.45, 7) is 1.95. The van der Waals surface area contributed by atoms with E-state index in [9.17, 15) is 9.59 Å². The Hall–Kier alpha value is -3.20. The summed E-state index contributed by atoms with van der Waals surface area (Å²) >= 11 is 0. The first kappa shape index (κ1) is 17.2. The Morgan fingerprint density at radius 1 is 1.22 bits per heavy atom. The molecule has 27 heavy (non-hydrogen) atoms. The number of alkyl carbamates (subject to hydrolysis) is 1. The molecule has 0 radical (unpaired) electrons. The number of rotatable bonds is 3. The van der Waals surface area contributed by atoms with Crippen LogP contribution in [0, 0.1) is 0 Å². The zero-order chi connectivity index (χ0) is 18.9. The third kappa shape index (κ3) is 3.41. The Labute approximate surface area is 155 Å². The lowest BCUT2D eigenvalue weighted by Crippen LogP contribution is -2.47. The van der Waals surface area contributed by atoms with Crippen molar-refractivity contribution in [3.8, 4) is 11.3 Å². The van der Waals surface area contributed by atoms with Gasteiger partial charge in [0.05, 0.1) is 12.2 Å². The molecule has 2 fully saturated rings. The van der Waals surface area contributed by atoms with Crippen molar-refractivity contribution >= 4 is 17.9 Å². The van der Waals surface area contributed by atoms with Crippen LogP contribution in [-0.2, 0) is 4.74 Å². The topological polar surface area (TPSA) is 117 Å². The summed E-state index contributed by atoms with van der Waals surface area (Å²) in [6.07, 6.45) is 2.81. The summed E-state index contributed by atoms with van der Waals surface area (Å²) in [5.74, 6) is 0.0612. The molecule has 3 heterocycles. The Bertz CT molecular complexity index is 862. The van der Waals surface area contributed by atoms with Gasteiger partial charge in [-0.3, -0.25) is 10.0 Å². The van der Waals surface area contributed by atoms with E-state index >= 15 is 0 Å². The molecule has 0 atom stereocenters. The van der Waals surface area contributed by atoms with Crippen LogP contribution in [0.5, 0.6) is 0 Å². The highest BCUT2D eigenvalue weighted by Gasteiger charge is 2.43. The second-order valence-corrected chi connectivity index (χ2v) is 6.67. The fourth-order valence-corrected chi connectivity index (χ4v) is 3.41. The fourth-order valence-electron chi connectivity index (χ4n) is 3.41. The van der Waals surface area contributed by atoms with Crippen molar-refractivity contribution in [2.45, 2.75) is 18.4 Å². The van der Waals surface area contributed by atoms with Crippen molar-refractivity contribution in [3.05, 3.63) is 42.1 Å². The highest BCUT2D eigenvalue weighted by molar-refractivity contribution is 5.93. The molecule has 4 rings (SSSR count). The number of hydroxylamine groups is 1. The van der Waals surface area contributed by atoms with Crippen LogP contribution in [0.4, 0.5) is 10.7 Å². The summed E-state index contributed by atoms with van der Waals surface area (Å²) in [7, 11) is 0. The monoisotopic (exact) mass is 369 g/mol. The number of ether oxygens (including phenoxy) is 1. The molecule has 3 N–H and O–H groups in total. The number of nitrogens with zero attached hydrogens (tertiary/aromatic N) is 3. The predicted octanol–water partition coefficient (Wildman–Crippen LogP) is 1.34. The molecule has 9 heteroatoms. The molecule has 0 unspecified atom stereocenters. The lowest BCUT2D eigenvalue weighted by atomic mass is 9.92. The summed E-state index contributed by atoms with van der Waals surface area (Å²) in [4.78, 5) is 33.8. The molecule has 1 aromatic carbocycles. The number of nitrogens with one attached hydrogen (secondary N) is 2. The summed E-state index contributed by atoms with van der Waals surface area (Å²) in [5, 5.41) is 11.4. The number of amides is 2. The number of carbonyl (C=O) groups excluding carboxylic acids is 2. The molecule has 2 aromatic rings. The first-order valence-corrected chi connectivity index (χ1v) is 8.68. The minimum absolute atomic E-state index is 0.347. The molecule has 2 saturated heterocycles. The summed E-state index contributed by atoms with van der Waals surface area (Å²) in [5.41, 5.74) is 3.14. The Balaban J connectivity index is 1.48. The lowest BCUT2D eigenvalue weighted by Gasteiger charge is -2.37. The second-order valence-electron chi connectivity index (χ2n) is 6.67. The molecule has 0 saturated carbocycles. The van der Waals surface area contributed by atoms with E-state index in [4.69, 9.17) is 9.94 Å². The first-order chi connectivity index (χ1) is 13.1. The van der Waals surface area contributed by atoms with Crippen LogP contribution in [0.3, 0.4) is 0 Å². The Morgan fingerprint density at radius 3 is 2.59 bits per heavy atom. The molecule has 9 nitrogen and oxygen atoms in total. The summed E-state index contributed by atoms with van der Waals surface area (Å²) < 4.78 is 5.44. The van der Waals surface area contributed by atoms with Crippen LogP contribution in [-0.4, -0.2) is 52.4 Å². The second kappa shape index (κ2) is 6.84. The third-order valence-electron chi connectivity index (χ3n) is 5.01. The van der Waals surface area contributed by atoms with Gasteiger partial charge in [0.1, 0.15) is 5.60 Å². The average Bonchev–Trinajstić information content (AvgIpc) is 3.08. The van der Waals surface area contributed by atoms with Crippen LogP contribution in [0.1, 0.15) is 23.2 Å². The Kier molecular flexibility index (Phi) is 4.36. The SMILES string of the molecule is O=C1NCC2(CCN(c3nccc(-c4ccc(C(=O)NO)cc4)n3)CC2)O1. The normalized spacial score (nSPS) is 18.1. The van der Waals surface area contributed by atoms with Gasteiger partial charge in [-0.15, -0.1) is 0 Å². The van der Waals surface area contributed by atoms with Crippen molar-refractivity contribution in [3.63, 3.8) is 0 Å². The maximum atomic E-state index is 11.4. The van der Waals surface area contributed by atoms with Gasteiger partial charge in [0, 0.05) is 43.3 Å². The van der Waals surface area contributed by atoms with E-state index in [-0.39, 0.29) is 6.09 Å². The zero-order valence-electron chi connectivity index (χ0n) is 14.5. The molecule has 0 bridgehead atoms. The molecule has 1 spiro atoms. The van der Waals surface area contributed by atoms with Crippen molar-refractivity contribution in [2.75, 3.05) is 24.5 Å². The van der Waals surface area contributed by atoms with Crippen LogP contribution in [0.25, 0.3) is 11.3 Å². The van der Waals surface area contributed by atoms with Gasteiger partial charge in [0.25, 0.3) is 5.91 Å². The number of hydrogen-bond acceptors (Lipinski definition) is 7. The van der Waals surface area contributed by atoms with Crippen molar-refractivity contribution in [1.82, 2.24) is 20.8 Å². The molecule has 2 aliphatic rings. The van der Waals surface area contributed by atoms with E-state index in [2.05, 4.69) is 20.2 Å². The van der Waals surface area contributed by atoms with E-state index in [1.165, 1.54) is 0 Å². The zero-order valence-corrected chi connectivity index (χ0v) is 14.5. The van der Waals surface area contributed by atoms with Gasteiger partial charge in [-0.2, -0.15) is 0 Å². The molecular weight excluding hydrogens is 350 g/mol. The van der Waals surface area contributed by atoms with E-state index in [1.807, 2.05) is 0 Å². The minimum atomic E-state index is -0.561. The largest absolute Gasteiger partial charge is 0.441 e. The van der Waals surface area contributed by atoms with Gasteiger partial charge < -0.3 is 15.0 Å². The highest BCUT2D eigenvalue weighted by Crippen LogP contribution is 2.31. The summed E-state index contributed by atoms with van der Waals surface area (Å²) in [6, 6.07) is 8.58. The van der Waals surface area contributed by atoms with Crippen LogP contribution in [0.2, 0.25) is 0 Å². The van der Waals surface area contributed by atoms with E-state index in [0.29, 0.717) is 31.1 Å². The van der Waals surface area contributed by atoms with Crippen molar-refractivity contribution in [2.24, 2.45) is 0 Å². The molecule has 2 amide bonds. The van der Waals surface area contributed by atoms with Gasteiger partial charge >= 0.3 is 6.09 Å². The number of aromatic nitrogens is 2. The van der Waals surface area contributed by atoms with Gasteiger partial charge in [0.2, 0.25) is 5.95 Å². The van der Waals surface area contributed by atoms with Gasteiger partial charge in [-0.1, -0.05) is 12.1 Å². The fraction of sp³-hybridized carbons (Fsp3) is 0.333. The average molecular weight is 369 g/mol. The highest BCUT2D eigenvalue weighted by atomic mass is 16.6. The molecule has 2 aliphatic heterocycles. The van der Waals surface area contributed by atoms with Crippen LogP contribution >= 0.6 is 0 Å². The smallest absolute Gasteiger partial charge is 0.407 e. The third-order valence-corrected chi connectivity index (χ3v) is 5.01. The quantitative estimate of drug-likeness (QED) is 0.552. The van der Waals surface area contributed by atoms with Gasteiger partial charge in [-0.05, 0) is 18.2 Å². The van der Waals surface area contributed by atoms with Crippen molar-refractivity contribution in [1.29, 1.82) is 0 Å². The standard InChI is InChI=1S/C18H19N5O4/c24-15(22-26)13-3-1-12(2-4-13)14-5-8-19-16(21-14)23-9-6-18(7-10-23)11-20-17(25)27-18/h1-5,8,26H,6-7,9-11H2,(H,20,25)(H,22,24).